The average molecular weight is 514 g/mol. The number of fused-ring (bicyclic) bond motifs is 1. The molecular formula is C29H27N3O4S. The van der Waals surface area contributed by atoms with Crippen molar-refractivity contribution >= 4 is 44.1 Å². The van der Waals surface area contributed by atoms with Gasteiger partial charge in [-0.3, -0.25) is 19.5 Å². The van der Waals surface area contributed by atoms with Crippen LogP contribution in [0.25, 0.3) is 16.0 Å². The van der Waals surface area contributed by atoms with E-state index >= 15 is 0 Å². The molecule has 0 spiro atoms. The predicted octanol–water partition coefficient (Wildman–Crippen LogP) is 6.23. The highest BCUT2D eigenvalue weighted by atomic mass is 32.1. The molecule has 7 nitrogen and oxygen atoms in total. The number of rotatable bonds is 7. The van der Waals surface area contributed by atoms with Crippen molar-refractivity contribution in [3.05, 3.63) is 89.3 Å². The highest BCUT2D eigenvalue weighted by Crippen LogP contribution is 2.44. The van der Waals surface area contributed by atoms with E-state index in [9.17, 15) is 14.7 Å². The molecule has 1 fully saturated rings. The zero-order valence-corrected chi connectivity index (χ0v) is 21.7. The molecule has 2 aromatic carbocycles. The van der Waals surface area contributed by atoms with Crippen LogP contribution in [0.1, 0.15) is 56.0 Å². The summed E-state index contributed by atoms with van der Waals surface area (Å²) < 4.78 is 6.62. The van der Waals surface area contributed by atoms with E-state index in [1.807, 2.05) is 19.1 Å². The second-order valence-corrected chi connectivity index (χ2v) is 10.2. The fourth-order valence-corrected chi connectivity index (χ4v) is 5.39. The Labute approximate surface area is 219 Å². The lowest BCUT2D eigenvalue weighted by molar-refractivity contribution is -0.132. The van der Waals surface area contributed by atoms with Gasteiger partial charge in [0.05, 0.1) is 28.1 Å². The van der Waals surface area contributed by atoms with Crippen molar-refractivity contribution in [2.75, 3.05) is 11.5 Å². The molecular weight excluding hydrogens is 486 g/mol. The molecule has 1 aliphatic rings. The zero-order chi connectivity index (χ0) is 26.1. The van der Waals surface area contributed by atoms with Crippen LogP contribution in [0.15, 0.2) is 72.4 Å². The van der Waals surface area contributed by atoms with Crippen LogP contribution in [0.3, 0.4) is 0 Å². The minimum absolute atomic E-state index is 0.0292. The fraction of sp³-hybridized carbons (Fsp3) is 0.241. The summed E-state index contributed by atoms with van der Waals surface area (Å²) in [5.74, 6) is -0.896. The summed E-state index contributed by atoms with van der Waals surface area (Å²) in [4.78, 5) is 37.3. The number of amides is 1. The Morgan fingerprint density at radius 2 is 1.95 bits per heavy atom. The molecule has 0 aliphatic carbocycles. The summed E-state index contributed by atoms with van der Waals surface area (Å²) in [6.07, 6.45) is 2.43. The third kappa shape index (κ3) is 4.60. The van der Waals surface area contributed by atoms with Crippen LogP contribution >= 0.6 is 11.3 Å². The van der Waals surface area contributed by atoms with Gasteiger partial charge in [0.1, 0.15) is 17.6 Å². The van der Waals surface area contributed by atoms with Gasteiger partial charge in [-0.1, -0.05) is 56.4 Å². The van der Waals surface area contributed by atoms with Crippen LogP contribution in [-0.4, -0.2) is 33.4 Å². The van der Waals surface area contributed by atoms with E-state index in [1.165, 1.54) is 16.2 Å². The molecule has 1 aliphatic heterocycles. The van der Waals surface area contributed by atoms with Gasteiger partial charge in [-0.25, -0.2) is 4.98 Å². The molecule has 1 atom stereocenters. The number of nitrogens with zero attached hydrogens (tertiary/aromatic N) is 3. The summed E-state index contributed by atoms with van der Waals surface area (Å²) in [5, 5.41) is 11.8. The van der Waals surface area contributed by atoms with E-state index < -0.39 is 17.7 Å². The van der Waals surface area contributed by atoms with Crippen LogP contribution in [0.5, 0.6) is 5.75 Å². The Morgan fingerprint density at radius 3 is 2.68 bits per heavy atom. The van der Waals surface area contributed by atoms with Gasteiger partial charge in [0.2, 0.25) is 0 Å². The molecule has 1 saturated heterocycles. The van der Waals surface area contributed by atoms with E-state index in [0.29, 0.717) is 34.7 Å². The van der Waals surface area contributed by atoms with Gasteiger partial charge in [-0.15, -0.1) is 0 Å². The standard InChI is InChI=1S/C29H27N3O4S/c1-4-14-36-20-9-7-8-19(15-20)26(33)24-25(22-10-5-6-13-30-22)32(28(35)27(24)34)29-31-21-12-11-18(17(2)3)16-23(21)37-29/h5-13,15-17,25,33H,4,14H2,1-3H3/b26-24+. The number of pyridine rings is 1. The number of thiazole rings is 1. The summed E-state index contributed by atoms with van der Waals surface area (Å²) in [6.45, 7) is 6.76. The number of aliphatic hydroxyl groups is 1. The predicted molar refractivity (Wildman–Crippen MR) is 145 cm³/mol. The number of carbonyl (C=O) groups excluding carboxylic acids is 2. The van der Waals surface area contributed by atoms with Crippen molar-refractivity contribution in [2.24, 2.45) is 0 Å². The first kappa shape index (κ1) is 24.6. The summed E-state index contributed by atoms with van der Waals surface area (Å²) in [5.41, 5.74) is 2.73. The van der Waals surface area contributed by atoms with Gasteiger partial charge in [-0.05, 0) is 54.3 Å². The van der Waals surface area contributed by atoms with E-state index in [4.69, 9.17) is 4.74 Å². The molecule has 1 amide bonds. The van der Waals surface area contributed by atoms with Crippen LogP contribution in [0.2, 0.25) is 0 Å². The molecule has 1 N–H and O–H groups in total. The molecule has 8 heteroatoms. The molecule has 5 rings (SSSR count). The first-order valence-electron chi connectivity index (χ1n) is 12.2. The number of aliphatic hydroxyl groups excluding tert-OH is 1. The second kappa shape index (κ2) is 10.1. The minimum atomic E-state index is -0.924. The number of anilines is 1. The lowest BCUT2D eigenvalue weighted by Gasteiger charge is -2.22. The van der Waals surface area contributed by atoms with Gasteiger partial charge in [0.15, 0.2) is 5.13 Å². The Kier molecular flexibility index (Phi) is 6.76. The van der Waals surface area contributed by atoms with E-state index in [2.05, 4.69) is 29.9 Å². The van der Waals surface area contributed by atoms with E-state index in [1.54, 1.807) is 48.7 Å². The quantitative estimate of drug-likeness (QED) is 0.179. The monoisotopic (exact) mass is 513 g/mol. The van der Waals surface area contributed by atoms with Crippen LogP contribution in [0, 0.1) is 0 Å². The number of hydrogen-bond donors (Lipinski definition) is 1. The summed E-state index contributed by atoms with van der Waals surface area (Å²) in [7, 11) is 0. The first-order valence-corrected chi connectivity index (χ1v) is 13.1. The van der Waals surface area contributed by atoms with Crippen molar-refractivity contribution in [2.45, 2.75) is 39.2 Å². The third-order valence-corrected chi connectivity index (χ3v) is 7.28. The van der Waals surface area contributed by atoms with Gasteiger partial charge < -0.3 is 9.84 Å². The molecule has 37 heavy (non-hydrogen) atoms. The molecule has 188 valence electrons. The minimum Gasteiger partial charge on any atom is -0.507 e. The maximum absolute atomic E-state index is 13.4. The highest BCUT2D eigenvalue weighted by molar-refractivity contribution is 7.22. The Bertz CT molecular complexity index is 1510. The molecule has 4 aromatic rings. The van der Waals surface area contributed by atoms with Gasteiger partial charge in [-0.2, -0.15) is 0 Å². The Hall–Kier alpha value is -4.04. The van der Waals surface area contributed by atoms with Crippen molar-refractivity contribution in [1.29, 1.82) is 0 Å². The normalized spacial score (nSPS) is 17.2. The smallest absolute Gasteiger partial charge is 0.301 e. The molecule has 0 bridgehead atoms. The summed E-state index contributed by atoms with van der Waals surface area (Å²) >= 11 is 1.34. The number of benzene rings is 2. The van der Waals surface area contributed by atoms with Crippen molar-refractivity contribution < 1.29 is 19.4 Å². The number of Topliss-reactive ketones (excluding diaryl/α,β-unsaturated/α-hetero) is 1. The lowest BCUT2D eigenvalue weighted by atomic mass is 9.98. The molecule has 3 heterocycles. The van der Waals surface area contributed by atoms with Crippen LogP contribution < -0.4 is 9.64 Å². The van der Waals surface area contributed by atoms with Gasteiger partial charge >= 0.3 is 5.91 Å². The molecule has 1 unspecified atom stereocenters. The topological polar surface area (TPSA) is 92.6 Å². The largest absolute Gasteiger partial charge is 0.507 e. The number of ether oxygens (including phenoxy) is 1. The lowest BCUT2D eigenvalue weighted by Crippen LogP contribution is -2.29. The van der Waals surface area contributed by atoms with Crippen LogP contribution in [-0.2, 0) is 9.59 Å². The second-order valence-electron chi connectivity index (χ2n) is 9.18. The first-order chi connectivity index (χ1) is 17.9. The maximum Gasteiger partial charge on any atom is 0.301 e. The van der Waals surface area contributed by atoms with Crippen molar-refractivity contribution in [1.82, 2.24) is 9.97 Å². The zero-order valence-electron chi connectivity index (χ0n) is 20.8. The SMILES string of the molecule is CCCOc1cccc(/C(O)=C2\C(=O)C(=O)N(c3nc4ccc(C(C)C)cc4s3)C2c2ccccn2)c1. The number of hydrogen-bond acceptors (Lipinski definition) is 7. The molecule has 0 saturated carbocycles. The van der Waals surface area contributed by atoms with E-state index in [0.717, 1.165) is 22.2 Å². The van der Waals surface area contributed by atoms with Gasteiger partial charge in [0.25, 0.3) is 5.78 Å². The maximum atomic E-state index is 13.4. The highest BCUT2D eigenvalue weighted by Gasteiger charge is 2.48. The Morgan fingerprint density at radius 1 is 1.11 bits per heavy atom. The molecule has 2 aromatic heterocycles. The van der Waals surface area contributed by atoms with Crippen LogP contribution in [0.4, 0.5) is 5.13 Å². The van der Waals surface area contributed by atoms with Gasteiger partial charge in [0, 0.05) is 11.8 Å². The van der Waals surface area contributed by atoms with Crippen molar-refractivity contribution in [3.63, 3.8) is 0 Å². The number of carbonyl (C=O) groups is 2. The summed E-state index contributed by atoms with van der Waals surface area (Å²) in [6, 6.07) is 17.3. The Balaban J connectivity index is 1.65. The van der Waals surface area contributed by atoms with Crippen molar-refractivity contribution in [3.8, 4) is 5.75 Å². The number of ketones is 1. The third-order valence-electron chi connectivity index (χ3n) is 6.27. The molecule has 0 radical (unpaired) electrons. The fourth-order valence-electron chi connectivity index (χ4n) is 4.35. The van der Waals surface area contributed by atoms with E-state index in [-0.39, 0.29) is 11.3 Å². The average Bonchev–Trinajstić information content (AvgIpc) is 3.45. The number of aromatic nitrogens is 2.